The van der Waals surface area contributed by atoms with Gasteiger partial charge in [0.05, 0.1) is 18.8 Å². The standard InChI is InChI=1S/C9H17NO2/c1-5-8-3-7(10)2-6(4-12-5)9(8)11/h5-9,11H,2-4,10H2,1H3/t5-,6+,7+,8-,9?/m0/s1. The first-order valence-corrected chi connectivity index (χ1v) is 4.73. The van der Waals surface area contributed by atoms with E-state index in [-0.39, 0.29) is 30.1 Å². The van der Waals surface area contributed by atoms with Crippen LogP contribution < -0.4 is 5.73 Å². The molecule has 0 aromatic carbocycles. The second-order valence-electron chi connectivity index (χ2n) is 4.18. The third kappa shape index (κ3) is 1.26. The Balaban J connectivity index is 2.11. The first-order chi connectivity index (χ1) is 5.68. The molecule has 0 aromatic rings. The highest BCUT2D eigenvalue weighted by Crippen LogP contribution is 2.36. The third-order valence-electron chi connectivity index (χ3n) is 3.28. The quantitative estimate of drug-likeness (QED) is 0.544. The molecule has 0 amide bonds. The SMILES string of the molecule is C[C@@H]1OC[C@H]2C[C@@H](N)C[C@@H]1C2O. The molecule has 1 unspecified atom stereocenters. The molecule has 12 heavy (non-hydrogen) atoms. The van der Waals surface area contributed by atoms with Crippen LogP contribution >= 0.6 is 0 Å². The van der Waals surface area contributed by atoms with Crippen molar-refractivity contribution in [1.82, 2.24) is 0 Å². The summed E-state index contributed by atoms with van der Waals surface area (Å²) in [6, 6.07) is 0.273. The van der Waals surface area contributed by atoms with Gasteiger partial charge in [-0.2, -0.15) is 0 Å². The van der Waals surface area contributed by atoms with E-state index in [4.69, 9.17) is 10.5 Å². The third-order valence-corrected chi connectivity index (χ3v) is 3.28. The van der Waals surface area contributed by atoms with Crippen LogP contribution in [0.25, 0.3) is 0 Å². The zero-order chi connectivity index (χ0) is 8.72. The molecular formula is C9H17NO2. The van der Waals surface area contributed by atoms with Crippen molar-refractivity contribution >= 4 is 0 Å². The molecule has 0 radical (unpaired) electrons. The molecule has 1 aliphatic heterocycles. The van der Waals surface area contributed by atoms with Crippen LogP contribution in [0.1, 0.15) is 19.8 Å². The Morgan fingerprint density at radius 2 is 2.17 bits per heavy atom. The molecule has 0 spiro atoms. The maximum absolute atomic E-state index is 9.84. The normalized spacial score (nSPS) is 53.8. The maximum Gasteiger partial charge on any atom is 0.0644 e. The molecule has 0 aromatic heterocycles. The lowest BCUT2D eigenvalue weighted by molar-refractivity contribution is -0.144. The molecule has 3 heteroatoms. The first-order valence-electron chi connectivity index (χ1n) is 4.73. The van der Waals surface area contributed by atoms with E-state index < -0.39 is 0 Å². The van der Waals surface area contributed by atoms with Crippen molar-refractivity contribution in [3.05, 3.63) is 0 Å². The van der Waals surface area contributed by atoms with Crippen molar-refractivity contribution in [2.24, 2.45) is 17.6 Å². The Morgan fingerprint density at radius 1 is 1.42 bits per heavy atom. The highest BCUT2D eigenvalue weighted by atomic mass is 16.5. The summed E-state index contributed by atoms with van der Waals surface area (Å²) in [6.45, 7) is 2.72. The average molecular weight is 171 g/mol. The number of aliphatic hydroxyl groups excluding tert-OH is 1. The van der Waals surface area contributed by atoms with Crippen LogP contribution in [-0.2, 0) is 4.74 Å². The van der Waals surface area contributed by atoms with E-state index in [9.17, 15) is 5.11 Å². The number of hydrogen-bond acceptors (Lipinski definition) is 3. The van der Waals surface area contributed by atoms with Crippen molar-refractivity contribution in [2.45, 2.75) is 38.0 Å². The van der Waals surface area contributed by atoms with Gasteiger partial charge in [0, 0.05) is 17.9 Å². The summed E-state index contributed by atoms with van der Waals surface area (Å²) in [5.74, 6) is 0.558. The van der Waals surface area contributed by atoms with Crippen molar-refractivity contribution < 1.29 is 9.84 Å². The van der Waals surface area contributed by atoms with Crippen LogP contribution in [0.5, 0.6) is 0 Å². The molecule has 2 rings (SSSR count). The Hall–Kier alpha value is -0.120. The molecule has 2 fully saturated rings. The summed E-state index contributed by atoms with van der Waals surface area (Å²) in [5, 5.41) is 9.84. The Labute approximate surface area is 72.9 Å². The lowest BCUT2D eigenvalue weighted by atomic mass is 9.73. The fourth-order valence-corrected chi connectivity index (χ4v) is 2.50. The monoisotopic (exact) mass is 171 g/mol. The number of hydrogen-bond donors (Lipinski definition) is 2. The summed E-state index contributed by atoms with van der Waals surface area (Å²) < 4.78 is 5.55. The zero-order valence-electron chi connectivity index (χ0n) is 7.44. The Morgan fingerprint density at radius 3 is 2.92 bits per heavy atom. The van der Waals surface area contributed by atoms with Crippen LogP contribution in [0.3, 0.4) is 0 Å². The van der Waals surface area contributed by atoms with Gasteiger partial charge in [0.15, 0.2) is 0 Å². The summed E-state index contributed by atoms with van der Waals surface area (Å²) in [4.78, 5) is 0. The lowest BCUT2D eigenvalue weighted by Crippen LogP contribution is -2.52. The number of aliphatic hydroxyl groups is 1. The minimum absolute atomic E-state index is 0.173. The number of nitrogens with two attached hydrogens (primary N) is 1. The molecule has 2 bridgehead atoms. The molecule has 3 N–H and O–H groups in total. The van der Waals surface area contributed by atoms with Crippen molar-refractivity contribution in [2.75, 3.05) is 6.61 Å². The van der Waals surface area contributed by atoms with Gasteiger partial charge >= 0.3 is 0 Å². The minimum atomic E-state index is -0.173. The Kier molecular flexibility index (Phi) is 2.10. The molecule has 2 aliphatic rings. The molecule has 1 saturated carbocycles. The van der Waals surface area contributed by atoms with Gasteiger partial charge in [-0.1, -0.05) is 0 Å². The largest absolute Gasteiger partial charge is 0.392 e. The van der Waals surface area contributed by atoms with Gasteiger partial charge in [0.2, 0.25) is 0 Å². The van der Waals surface area contributed by atoms with Gasteiger partial charge in [-0.3, -0.25) is 0 Å². The van der Waals surface area contributed by atoms with E-state index >= 15 is 0 Å². The minimum Gasteiger partial charge on any atom is -0.392 e. The van der Waals surface area contributed by atoms with E-state index in [0.29, 0.717) is 6.61 Å². The molecule has 1 saturated heterocycles. The summed E-state index contributed by atoms with van der Waals surface area (Å²) >= 11 is 0. The van der Waals surface area contributed by atoms with Crippen LogP contribution in [0.15, 0.2) is 0 Å². The summed E-state index contributed by atoms with van der Waals surface area (Å²) in [5.41, 5.74) is 5.88. The molecule has 1 aliphatic carbocycles. The van der Waals surface area contributed by atoms with Crippen molar-refractivity contribution in [1.29, 1.82) is 0 Å². The fourth-order valence-electron chi connectivity index (χ4n) is 2.50. The fraction of sp³-hybridized carbons (Fsp3) is 1.00. The van der Waals surface area contributed by atoms with E-state index in [1.54, 1.807) is 0 Å². The van der Waals surface area contributed by atoms with Crippen LogP contribution in [0.2, 0.25) is 0 Å². The highest BCUT2D eigenvalue weighted by molar-refractivity contribution is 4.93. The topological polar surface area (TPSA) is 55.5 Å². The number of ether oxygens (including phenoxy) is 1. The number of fused-ring (bicyclic) bond motifs is 2. The van der Waals surface area contributed by atoms with Gasteiger partial charge in [0.25, 0.3) is 0 Å². The molecule has 3 nitrogen and oxygen atoms in total. The van der Waals surface area contributed by atoms with Crippen molar-refractivity contribution in [3.63, 3.8) is 0 Å². The van der Waals surface area contributed by atoms with E-state index in [0.717, 1.165) is 12.8 Å². The zero-order valence-corrected chi connectivity index (χ0v) is 7.44. The first kappa shape index (κ1) is 8.48. The van der Waals surface area contributed by atoms with E-state index in [2.05, 4.69) is 0 Å². The smallest absolute Gasteiger partial charge is 0.0644 e. The van der Waals surface area contributed by atoms with Gasteiger partial charge in [-0.15, -0.1) is 0 Å². The van der Waals surface area contributed by atoms with Crippen LogP contribution in [0, 0.1) is 11.8 Å². The predicted octanol–water partition coefficient (Wildman–Crippen LogP) is 0.120. The molecule has 1 heterocycles. The van der Waals surface area contributed by atoms with Crippen LogP contribution in [0.4, 0.5) is 0 Å². The summed E-state index contributed by atoms with van der Waals surface area (Å²) in [6.07, 6.45) is 1.85. The van der Waals surface area contributed by atoms with Crippen LogP contribution in [-0.4, -0.2) is 30.0 Å². The second kappa shape index (κ2) is 2.98. The van der Waals surface area contributed by atoms with Gasteiger partial charge < -0.3 is 15.6 Å². The van der Waals surface area contributed by atoms with Gasteiger partial charge in [-0.25, -0.2) is 0 Å². The number of rotatable bonds is 0. The van der Waals surface area contributed by atoms with Crippen molar-refractivity contribution in [3.8, 4) is 0 Å². The van der Waals surface area contributed by atoms with E-state index in [1.165, 1.54) is 0 Å². The predicted molar refractivity (Wildman–Crippen MR) is 45.6 cm³/mol. The summed E-state index contributed by atoms with van der Waals surface area (Å²) in [7, 11) is 0. The lowest BCUT2D eigenvalue weighted by Gasteiger charge is -2.45. The van der Waals surface area contributed by atoms with Gasteiger partial charge in [-0.05, 0) is 19.8 Å². The van der Waals surface area contributed by atoms with E-state index in [1.807, 2.05) is 6.92 Å². The average Bonchev–Trinajstić information content (AvgIpc) is 2.01. The second-order valence-corrected chi connectivity index (χ2v) is 4.18. The maximum atomic E-state index is 9.84. The molecule has 5 atom stereocenters. The Bertz CT molecular complexity index is 174. The molecule has 70 valence electrons. The van der Waals surface area contributed by atoms with Gasteiger partial charge in [0.1, 0.15) is 0 Å². The highest BCUT2D eigenvalue weighted by Gasteiger charge is 2.42. The molecular weight excluding hydrogens is 154 g/mol.